The molecule has 1 amide bonds. The Morgan fingerprint density at radius 3 is 2.62 bits per heavy atom. The summed E-state index contributed by atoms with van der Waals surface area (Å²) >= 11 is 1.49. The minimum absolute atomic E-state index is 0.00817. The molecule has 0 saturated heterocycles. The number of hydrogen-bond donors (Lipinski definition) is 1. The second-order valence-corrected chi connectivity index (χ2v) is 10.4. The average molecular weight is 409 g/mol. The van der Waals surface area contributed by atoms with Crippen LogP contribution >= 0.6 is 11.8 Å². The number of carbonyl (C=O) groups is 1. The maximum Gasteiger partial charge on any atom is 0.233 e. The topological polar surface area (TPSA) is 72.8 Å². The number of nitrogens with zero attached hydrogens (tertiary/aromatic N) is 3. The van der Waals surface area contributed by atoms with Gasteiger partial charge in [0.25, 0.3) is 0 Å². The van der Waals surface area contributed by atoms with Crippen molar-refractivity contribution < 1.29 is 4.79 Å². The van der Waals surface area contributed by atoms with Crippen molar-refractivity contribution in [2.75, 3.05) is 12.3 Å². The Kier molecular flexibility index (Phi) is 4.82. The molecule has 0 radical (unpaired) electrons. The van der Waals surface area contributed by atoms with Crippen LogP contribution in [0.1, 0.15) is 50.5 Å². The van der Waals surface area contributed by atoms with Crippen LogP contribution in [0.15, 0.2) is 23.4 Å². The van der Waals surface area contributed by atoms with Crippen LogP contribution in [0.3, 0.4) is 0 Å². The molecule has 4 fully saturated rings. The molecule has 4 aliphatic carbocycles. The molecule has 6 rings (SSSR count). The molecule has 0 spiro atoms. The van der Waals surface area contributed by atoms with E-state index in [9.17, 15) is 10.1 Å². The van der Waals surface area contributed by atoms with E-state index < -0.39 is 0 Å². The Bertz CT molecular complexity index is 940. The first-order valence-electron chi connectivity index (χ1n) is 10.8. The maximum absolute atomic E-state index is 13.4. The van der Waals surface area contributed by atoms with Crippen LogP contribution in [0, 0.1) is 36.0 Å². The molecular formula is C23H28N4OS. The first-order valence-corrected chi connectivity index (χ1v) is 11.8. The molecule has 29 heavy (non-hydrogen) atoms. The molecule has 2 aromatic rings. The summed E-state index contributed by atoms with van der Waals surface area (Å²) in [5, 5.41) is 9.98. The number of hydrogen-bond acceptors (Lipinski definition) is 4. The van der Waals surface area contributed by atoms with E-state index in [0.717, 1.165) is 53.2 Å². The third-order valence-electron chi connectivity index (χ3n) is 7.27. The number of benzene rings is 1. The number of H-pyrrole nitrogens is 1. The van der Waals surface area contributed by atoms with Crippen molar-refractivity contribution in [3.63, 3.8) is 0 Å². The zero-order valence-corrected chi connectivity index (χ0v) is 17.8. The highest BCUT2D eigenvalue weighted by molar-refractivity contribution is 7.99. The first kappa shape index (κ1) is 19.0. The van der Waals surface area contributed by atoms with Crippen molar-refractivity contribution in [3.05, 3.63) is 23.8 Å². The van der Waals surface area contributed by atoms with Gasteiger partial charge in [-0.15, -0.1) is 0 Å². The van der Waals surface area contributed by atoms with Gasteiger partial charge in [0.1, 0.15) is 0 Å². The molecule has 0 aliphatic heterocycles. The van der Waals surface area contributed by atoms with Crippen LogP contribution in [-0.4, -0.2) is 38.6 Å². The predicted octanol–water partition coefficient (Wildman–Crippen LogP) is 4.67. The number of aryl methyl sites for hydroxylation is 1. The number of rotatable bonds is 6. The second-order valence-electron chi connectivity index (χ2n) is 9.45. The molecule has 6 heteroatoms. The molecule has 1 aromatic heterocycles. The van der Waals surface area contributed by atoms with E-state index in [1.54, 1.807) is 0 Å². The largest absolute Gasteiger partial charge is 0.335 e. The Labute approximate surface area is 176 Å². The zero-order chi connectivity index (χ0) is 20.0. The van der Waals surface area contributed by atoms with Gasteiger partial charge in [-0.3, -0.25) is 4.79 Å². The van der Waals surface area contributed by atoms with Gasteiger partial charge < -0.3 is 9.88 Å². The molecular weight excluding hydrogens is 380 g/mol. The summed E-state index contributed by atoms with van der Waals surface area (Å²) in [6, 6.07) is 8.42. The first-order chi connectivity index (χ1) is 14.0. The van der Waals surface area contributed by atoms with Gasteiger partial charge in [0.2, 0.25) is 5.91 Å². The van der Waals surface area contributed by atoms with Gasteiger partial charge in [0.15, 0.2) is 5.16 Å². The van der Waals surface area contributed by atoms with E-state index in [0.29, 0.717) is 18.7 Å². The van der Waals surface area contributed by atoms with E-state index in [2.05, 4.69) is 40.0 Å². The van der Waals surface area contributed by atoms with Crippen LogP contribution in [0.25, 0.3) is 11.0 Å². The van der Waals surface area contributed by atoms with Crippen molar-refractivity contribution >= 4 is 28.7 Å². The second kappa shape index (κ2) is 7.36. The monoisotopic (exact) mass is 408 g/mol. The molecule has 4 bridgehead atoms. The van der Waals surface area contributed by atoms with Crippen LogP contribution in [0.4, 0.5) is 0 Å². The summed E-state index contributed by atoms with van der Waals surface area (Å²) in [5.41, 5.74) is 3.16. The summed E-state index contributed by atoms with van der Waals surface area (Å²) in [4.78, 5) is 23.4. The highest BCUT2D eigenvalue weighted by Crippen LogP contribution is 2.57. The molecule has 1 N–H and O–H groups in total. The van der Waals surface area contributed by atoms with Gasteiger partial charge in [0.05, 0.1) is 29.3 Å². The SMILES string of the molecule is Cc1ccc2nc(SCC(=O)N(CCC#N)C34CC5CC(CC(C5)C3)C4)[nH]c2c1. The minimum Gasteiger partial charge on any atom is -0.335 e. The van der Waals surface area contributed by atoms with E-state index in [1.807, 2.05) is 6.07 Å². The lowest BCUT2D eigenvalue weighted by atomic mass is 9.52. The quantitative estimate of drug-likeness (QED) is 0.705. The number of thioether (sulfide) groups is 1. The van der Waals surface area contributed by atoms with Gasteiger partial charge in [0, 0.05) is 12.1 Å². The van der Waals surface area contributed by atoms with Gasteiger partial charge in [-0.05, 0) is 80.9 Å². The molecule has 1 heterocycles. The Balaban J connectivity index is 1.33. The third kappa shape index (κ3) is 3.54. The van der Waals surface area contributed by atoms with E-state index in [1.165, 1.54) is 36.6 Å². The summed E-state index contributed by atoms with van der Waals surface area (Å²) in [7, 11) is 0. The molecule has 0 unspecified atom stereocenters. The fourth-order valence-electron chi connectivity index (χ4n) is 6.56. The highest BCUT2D eigenvalue weighted by Gasteiger charge is 2.54. The Morgan fingerprint density at radius 2 is 1.97 bits per heavy atom. The van der Waals surface area contributed by atoms with Crippen molar-refractivity contribution in [1.82, 2.24) is 14.9 Å². The molecule has 1 aromatic carbocycles. The summed E-state index contributed by atoms with van der Waals surface area (Å²) in [6.07, 6.45) is 7.91. The van der Waals surface area contributed by atoms with Crippen LogP contribution in [0.5, 0.6) is 0 Å². The predicted molar refractivity (Wildman–Crippen MR) is 114 cm³/mol. The number of carbonyl (C=O) groups excluding carboxylic acids is 1. The van der Waals surface area contributed by atoms with E-state index >= 15 is 0 Å². The maximum atomic E-state index is 13.4. The molecule has 5 nitrogen and oxygen atoms in total. The number of imidazole rings is 1. The number of nitrogens with one attached hydrogen (secondary N) is 1. The van der Waals surface area contributed by atoms with Gasteiger partial charge in [-0.1, -0.05) is 17.8 Å². The highest BCUT2D eigenvalue weighted by atomic mass is 32.2. The smallest absolute Gasteiger partial charge is 0.233 e. The molecule has 4 aliphatic rings. The lowest BCUT2D eigenvalue weighted by Crippen LogP contribution is -2.62. The van der Waals surface area contributed by atoms with Crippen molar-refractivity contribution in [2.45, 2.75) is 62.6 Å². The molecule has 4 saturated carbocycles. The van der Waals surface area contributed by atoms with Crippen LogP contribution in [0.2, 0.25) is 0 Å². The zero-order valence-electron chi connectivity index (χ0n) is 17.0. The number of nitriles is 1. The lowest BCUT2D eigenvalue weighted by molar-refractivity contribution is -0.147. The number of fused-ring (bicyclic) bond motifs is 1. The minimum atomic E-state index is 0.00817. The number of aromatic nitrogens is 2. The van der Waals surface area contributed by atoms with Gasteiger partial charge in [-0.2, -0.15) is 5.26 Å². The molecule has 0 atom stereocenters. The number of amides is 1. The third-order valence-corrected chi connectivity index (χ3v) is 8.13. The Morgan fingerprint density at radius 1 is 1.28 bits per heavy atom. The van der Waals surface area contributed by atoms with E-state index in [-0.39, 0.29) is 11.4 Å². The van der Waals surface area contributed by atoms with Crippen molar-refractivity contribution in [2.24, 2.45) is 17.8 Å². The fourth-order valence-corrected chi connectivity index (χ4v) is 7.32. The Hall–Kier alpha value is -2.00. The standard InChI is InChI=1S/C23H28N4OS/c1-15-3-4-19-20(7-15)26-22(25-19)29-14-21(28)27(6-2-5-24)23-11-16-8-17(12-23)10-18(9-16)13-23/h3-4,7,16-18H,2,6,8-14H2,1H3,(H,25,26). The van der Waals surface area contributed by atoms with Crippen molar-refractivity contribution in [1.29, 1.82) is 5.26 Å². The summed E-state index contributed by atoms with van der Waals surface area (Å²) < 4.78 is 0. The normalized spacial score (nSPS) is 29.9. The average Bonchev–Trinajstić information content (AvgIpc) is 3.07. The summed E-state index contributed by atoms with van der Waals surface area (Å²) in [6.45, 7) is 2.64. The van der Waals surface area contributed by atoms with Crippen LogP contribution in [-0.2, 0) is 4.79 Å². The van der Waals surface area contributed by atoms with Crippen LogP contribution < -0.4 is 0 Å². The summed E-state index contributed by atoms with van der Waals surface area (Å²) in [5.74, 6) is 2.90. The lowest BCUT2D eigenvalue weighted by Gasteiger charge is -2.60. The fraction of sp³-hybridized carbons (Fsp3) is 0.609. The van der Waals surface area contributed by atoms with Gasteiger partial charge >= 0.3 is 0 Å². The molecule has 152 valence electrons. The number of aromatic amines is 1. The van der Waals surface area contributed by atoms with Crippen molar-refractivity contribution in [3.8, 4) is 6.07 Å². The van der Waals surface area contributed by atoms with E-state index in [4.69, 9.17) is 0 Å². The van der Waals surface area contributed by atoms with Gasteiger partial charge in [-0.25, -0.2) is 4.98 Å².